The van der Waals surface area contributed by atoms with Gasteiger partial charge >= 0.3 is 0 Å². The average molecular weight is 283 g/mol. The molecule has 0 aromatic heterocycles. The first-order valence-corrected chi connectivity index (χ1v) is 6.88. The van der Waals surface area contributed by atoms with Gasteiger partial charge in [0.25, 0.3) is 5.91 Å². The molecule has 2 unspecified atom stereocenters. The summed E-state index contributed by atoms with van der Waals surface area (Å²) in [6, 6.07) is 5.19. The SMILES string of the molecule is COc1ccc(Cl)cc1C(=O)NC1CCCC1CN. The smallest absolute Gasteiger partial charge is 0.255 e. The maximum absolute atomic E-state index is 12.3. The van der Waals surface area contributed by atoms with Gasteiger partial charge in [-0.15, -0.1) is 0 Å². The molecule has 0 spiro atoms. The van der Waals surface area contributed by atoms with Gasteiger partial charge < -0.3 is 15.8 Å². The molecule has 1 aromatic rings. The van der Waals surface area contributed by atoms with Crippen LogP contribution in [0.4, 0.5) is 0 Å². The predicted octanol–water partition coefficient (Wildman–Crippen LogP) is 2.21. The van der Waals surface area contributed by atoms with E-state index in [2.05, 4.69) is 5.32 Å². The van der Waals surface area contributed by atoms with Crippen LogP contribution < -0.4 is 15.8 Å². The highest BCUT2D eigenvalue weighted by molar-refractivity contribution is 6.31. The summed E-state index contributed by atoms with van der Waals surface area (Å²) in [6.07, 6.45) is 3.17. The number of ether oxygens (including phenoxy) is 1. The van der Waals surface area contributed by atoms with Gasteiger partial charge in [-0.2, -0.15) is 0 Å². The number of hydrogen-bond donors (Lipinski definition) is 2. The third-order valence-corrected chi connectivity index (χ3v) is 3.92. The van der Waals surface area contributed by atoms with Crippen molar-refractivity contribution in [3.63, 3.8) is 0 Å². The quantitative estimate of drug-likeness (QED) is 0.890. The molecule has 0 aliphatic heterocycles. The summed E-state index contributed by atoms with van der Waals surface area (Å²) in [5.41, 5.74) is 6.19. The van der Waals surface area contributed by atoms with Gasteiger partial charge in [-0.05, 0) is 43.5 Å². The Hall–Kier alpha value is -1.26. The van der Waals surface area contributed by atoms with Crippen molar-refractivity contribution in [1.29, 1.82) is 0 Å². The molecule has 2 atom stereocenters. The van der Waals surface area contributed by atoms with Crippen molar-refractivity contribution in [1.82, 2.24) is 5.32 Å². The number of nitrogens with one attached hydrogen (secondary N) is 1. The minimum Gasteiger partial charge on any atom is -0.496 e. The van der Waals surface area contributed by atoms with Crippen LogP contribution in [0, 0.1) is 5.92 Å². The summed E-state index contributed by atoms with van der Waals surface area (Å²) >= 11 is 5.93. The highest BCUT2D eigenvalue weighted by Crippen LogP contribution is 2.27. The lowest BCUT2D eigenvalue weighted by Crippen LogP contribution is -2.40. The zero-order valence-corrected chi connectivity index (χ0v) is 11.7. The number of hydrogen-bond acceptors (Lipinski definition) is 3. The minimum absolute atomic E-state index is 0.148. The molecule has 19 heavy (non-hydrogen) atoms. The lowest BCUT2D eigenvalue weighted by atomic mass is 10.0. The van der Waals surface area contributed by atoms with Crippen molar-refractivity contribution in [3.8, 4) is 5.75 Å². The van der Waals surface area contributed by atoms with Gasteiger partial charge in [-0.3, -0.25) is 4.79 Å². The van der Waals surface area contributed by atoms with Crippen LogP contribution in [-0.2, 0) is 0 Å². The molecule has 4 nitrogen and oxygen atoms in total. The molecular formula is C14H19ClN2O2. The molecule has 0 saturated heterocycles. The molecule has 2 rings (SSSR count). The van der Waals surface area contributed by atoms with Crippen molar-refractivity contribution >= 4 is 17.5 Å². The zero-order valence-electron chi connectivity index (χ0n) is 11.0. The standard InChI is InChI=1S/C14H19ClN2O2/c1-19-13-6-5-10(15)7-11(13)14(18)17-12-4-2-3-9(12)8-16/h5-7,9,12H,2-4,8,16H2,1H3,(H,17,18). The van der Waals surface area contributed by atoms with Crippen LogP contribution in [0.3, 0.4) is 0 Å². The van der Waals surface area contributed by atoms with Crippen LogP contribution in [-0.4, -0.2) is 25.6 Å². The third kappa shape index (κ3) is 3.19. The fourth-order valence-corrected chi connectivity index (χ4v) is 2.78. The maximum atomic E-state index is 12.3. The minimum atomic E-state index is -0.148. The average Bonchev–Trinajstić information content (AvgIpc) is 2.85. The fourth-order valence-electron chi connectivity index (χ4n) is 2.61. The first-order valence-electron chi connectivity index (χ1n) is 6.50. The van der Waals surface area contributed by atoms with E-state index in [9.17, 15) is 4.79 Å². The van der Waals surface area contributed by atoms with E-state index in [1.165, 1.54) is 7.11 Å². The summed E-state index contributed by atoms with van der Waals surface area (Å²) in [4.78, 5) is 12.3. The van der Waals surface area contributed by atoms with Crippen molar-refractivity contribution < 1.29 is 9.53 Å². The molecule has 1 aliphatic carbocycles. The largest absolute Gasteiger partial charge is 0.496 e. The van der Waals surface area contributed by atoms with Gasteiger partial charge in [0.1, 0.15) is 5.75 Å². The summed E-state index contributed by atoms with van der Waals surface area (Å²) in [5.74, 6) is 0.753. The number of nitrogens with two attached hydrogens (primary N) is 1. The highest BCUT2D eigenvalue weighted by atomic mass is 35.5. The van der Waals surface area contributed by atoms with Crippen molar-refractivity contribution in [2.45, 2.75) is 25.3 Å². The Labute approximate surface area is 118 Å². The van der Waals surface area contributed by atoms with Gasteiger partial charge in [0.15, 0.2) is 0 Å². The molecule has 3 N–H and O–H groups in total. The molecule has 0 heterocycles. The number of benzene rings is 1. The Balaban J connectivity index is 2.13. The molecule has 1 aromatic carbocycles. The van der Waals surface area contributed by atoms with Crippen LogP contribution in [0.1, 0.15) is 29.6 Å². The number of carbonyl (C=O) groups excluding carboxylic acids is 1. The summed E-state index contributed by atoms with van der Waals surface area (Å²) in [5, 5.41) is 3.56. The number of amides is 1. The van der Waals surface area contributed by atoms with E-state index >= 15 is 0 Å². The summed E-state index contributed by atoms with van der Waals surface area (Å²) in [7, 11) is 1.54. The summed E-state index contributed by atoms with van der Waals surface area (Å²) < 4.78 is 5.19. The zero-order chi connectivity index (χ0) is 13.8. The Morgan fingerprint density at radius 2 is 2.32 bits per heavy atom. The predicted molar refractivity (Wildman–Crippen MR) is 75.7 cm³/mol. The number of methoxy groups -OCH3 is 1. The van der Waals surface area contributed by atoms with E-state index in [4.69, 9.17) is 22.1 Å². The van der Waals surface area contributed by atoms with Crippen LogP contribution in [0.5, 0.6) is 5.75 Å². The normalized spacial score (nSPS) is 22.3. The maximum Gasteiger partial charge on any atom is 0.255 e. The van der Waals surface area contributed by atoms with E-state index in [1.54, 1.807) is 18.2 Å². The molecule has 1 fully saturated rings. The van der Waals surface area contributed by atoms with Crippen molar-refractivity contribution in [2.24, 2.45) is 11.7 Å². The van der Waals surface area contributed by atoms with E-state index in [0.717, 1.165) is 19.3 Å². The van der Waals surface area contributed by atoms with E-state index in [1.807, 2.05) is 0 Å². The number of rotatable bonds is 4. The van der Waals surface area contributed by atoms with E-state index < -0.39 is 0 Å². The third-order valence-electron chi connectivity index (χ3n) is 3.68. The first-order chi connectivity index (χ1) is 9.15. The molecular weight excluding hydrogens is 264 g/mol. The monoisotopic (exact) mass is 282 g/mol. The first kappa shape index (κ1) is 14.2. The number of carbonyl (C=O) groups is 1. The topological polar surface area (TPSA) is 64.3 Å². The summed E-state index contributed by atoms with van der Waals surface area (Å²) in [6.45, 7) is 0.609. The van der Waals surface area contributed by atoms with Crippen molar-refractivity contribution in [3.05, 3.63) is 28.8 Å². The second-order valence-electron chi connectivity index (χ2n) is 4.85. The molecule has 0 bridgehead atoms. The lowest BCUT2D eigenvalue weighted by Gasteiger charge is -2.20. The fraction of sp³-hybridized carbons (Fsp3) is 0.500. The highest BCUT2D eigenvalue weighted by Gasteiger charge is 2.28. The van der Waals surface area contributed by atoms with E-state index in [0.29, 0.717) is 28.8 Å². The van der Waals surface area contributed by atoms with Gasteiger partial charge in [0.2, 0.25) is 0 Å². The van der Waals surface area contributed by atoms with Crippen LogP contribution in [0.15, 0.2) is 18.2 Å². The van der Waals surface area contributed by atoms with Crippen LogP contribution in [0.2, 0.25) is 5.02 Å². The molecule has 1 aliphatic rings. The van der Waals surface area contributed by atoms with E-state index in [-0.39, 0.29) is 11.9 Å². The molecule has 1 saturated carbocycles. The van der Waals surface area contributed by atoms with Crippen molar-refractivity contribution in [2.75, 3.05) is 13.7 Å². The van der Waals surface area contributed by atoms with Gasteiger partial charge in [-0.25, -0.2) is 0 Å². The molecule has 0 radical (unpaired) electrons. The van der Waals surface area contributed by atoms with Crippen LogP contribution in [0.25, 0.3) is 0 Å². The Bertz CT molecular complexity index is 465. The van der Waals surface area contributed by atoms with Gasteiger partial charge in [-0.1, -0.05) is 18.0 Å². The number of halogens is 1. The second kappa shape index (κ2) is 6.26. The Morgan fingerprint density at radius 3 is 3.00 bits per heavy atom. The van der Waals surface area contributed by atoms with Gasteiger partial charge in [0.05, 0.1) is 12.7 Å². The van der Waals surface area contributed by atoms with Crippen LogP contribution >= 0.6 is 11.6 Å². The van der Waals surface area contributed by atoms with Gasteiger partial charge in [0, 0.05) is 11.1 Å². The molecule has 104 valence electrons. The molecule has 1 amide bonds. The molecule has 5 heteroatoms. The lowest BCUT2D eigenvalue weighted by molar-refractivity contribution is 0.0925. The Morgan fingerprint density at radius 1 is 1.53 bits per heavy atom. The Kier molecular flexibility index (Phi) is 4.66. The second-order valence-corrected chi connectivity index (χ2v) is 5.29.